The third kappa shape index (κ3) is 2.40. The van der Waals surface area contributed by atoms with Gasteiger partial charge in [0, 0.05) is 7.05 Å². The number of primary amides is 1. The molecular weight excluding hydrogens is 234 g/mol. The number of nitrogen functional groups attached to an aromatic ring is 1. The van der Waals surface area contributed by atoms with Crippen molar-refractivity contribution in [1.29, 1.82) is 0 Å². The van der Waals surface area contributed by atoms with E-state index in [-0.39, 0.29) is 17.9 Å². The van der Waals surface area contributed by atoms with Gasteiger partial charge in [-0.25, -0.2) is 0 Å². The molecule has 0 radical (unpaired) electrons. The van der Waals surface area contributed by atoms with Crippen LogP contribution in [-0.2, 0) is 13.7 Å². The normalized spacial score (nSPS) is 10.3. The van der Waals surface area contributed by atoms with Crippen LogP contribution in [0.5, 0.6) is 5.75 Å². The molecule has 0 aliphatic rings. The molecule has 1 aromatic heterocycles. The molecule has 2 rings (SSSR count). The van der Waals surface area contributed by atoms with Gasteiger partial charge in [0.15, 0.2) is 5.75 Å². The molecule has 0 spiro atoms. The van der Waals surface area contributed by atoms with Gasteiger partial charge < -0.3 is 16.2 Å². The van der Waals surface area contributed by atoms with Gasteiger partial charge in [0.25, 0.3) is 5.91 Å². The smallest absolute Gasteiger partial charge is 0.252 e. The molecule has 0 saturated carbocycles. The van der Waals surface area contributed by atoms with Crippen molar-refractivity contribution in [2.45, 2.75) is 6.61 Å². The summed E-state index contributed by atoms with van der Waals surface area (Å²) in [6.45, 7) is 0.169. The highest BCUT2D eigenvalue weighted by molar-refractivity contribution is 5.97. The summed E-state index contributed by atoms with van der Waals surface area (Å²) in [7, 11) is 1.75. The Hall–Kier alpha value is -2.57. The van der Waals surface area contributed by atoms with E-state index in [4.69, 9.17) is 16.2 Å². The number of anilines is 1. The molecule has 0 unspecified atom stereocenters. The van der Waals surface area contributed by atoms with Crippen LogP contribution in [0.3, 0.4) is 0 Å². The van der Waals surface area contributed by atoms with Crippen LogP contribution in [0.4, 0.5) is 5.69 Å². The van der Waals surface area contributed by atoms with Gasteiger partial charge in [-0.15, -0.1) is 5.10 Å². The zero-order valence-electron chi connectivity index (χ0n) is 9.83. The number of ether oxygens (including phenoxy) is 1. The minimum atomic E-state index is -0.587. The maximum absolute atomic E-state index is 11.2. The SMILES string of the molecule is Cn1cc(COc2c(N)cccc2C(N)=O)nn1. The number of carbonyl (C=O) groups excluding carboxylic acids is 1. The van der Waals surface area contributed by atoms with Gasteiger partial charge in [-0.1, -0.05) is 11.3 Å². The molecule has 7 heteroatoms. The van der Waals surface area contributed by atoms with E-state index in [9.17, 15) is 4.79 Å². The summed E-state index contributed by atoms with van der Waals surface area (Å²) in [4.78, 5) is 11.2. The highest BCUT2D eigenvalue weighted by Crippen LogP contribution is 2.26. The van der Waals surface area contributed by atoms with E-state index in [1.165, 1.54) is 0 Å². The molecule has 1 heterocycles. The molecular formula is C11H13N5O2. The van der Waals surface area contributed by atoms with E-state index in [0.29, 0.717) is 11.4 Å². The van der Waals surface area contributed by atoms with E-state index in [2.05, 4.69) is 10.3 Å². The summed E-state index contributed by atoms with van der Waals surface area (Å²) in [6, 6.07) is 4.84. The Morgan fingerprint density at radius 1 is 1.50 bits per heavy atom. The lowest BCUT2D eigenvalue weighted by Gasteiger charge is -2.10. The minimum absolute atomic E-state index is 0.169. The van der Waals surface area contributed by atoms with Crippen LogP contribution in [-0.4, -0.2) is 20.9 Å². The molecule has 18 heavy (non-hydrogen) atoms. The molecule has 0 aliphatic carbocycles. The van der Waals surface area contributed by atoms with E-state index < -0.39 is 5.91 Å². The summed E-state index contributed by atoms with van der Waals surface area (Å²) in [5.74, 6) is -0.313. The first-order valence-corrected chi connectivity index (χ1v) is 5.24. The monoisotopic (exact) mass is 247 g/mol. The third-order valence-electron chi connectivity index (χ3n) is 2.33. The molecule has 0 atom stereocenters. The fourth-order valence-electron chi connectivity index (χ4n) is 1.52. The first-order valence-electron chi connectivity index (χ1n) is 5.24. The van der Waals surface area contributed by atoms with Crippen molar-refractivity contribution < 1.29 is 9.53 Å². The van der Waals surface area contributed by atoms with Gasteiger partial charge in [-0.05, 0) is 12.1 Å². The topological polar surface area (TPSA) is 109 Å². The molecule has 0 bridgehead atoms. The zero-order valence-corrected chi connectivity index (χ0v) is 9.83. The average Bonchev–Trinajstić information content (AvgIpc) is 2.73. The Labute approximate surface area is 103 Å². The number of aryl methyl sites for hydroxylation is 1. The fraction of sp³-hybridized carbons (Fsp3) is 0.182. The number of nitrogens with two attached hydrogens (primary N) is 2. The van der Waals surface area contributed by atoms with Gasteiger partial charge in [-0.3, -0.25) is 9.48 Å². The van der Waals surface area contributed by atoms with Gasteiger partial charge >= 0.3 is 0 Å². The number of nitrogens with zero attached hydrogens (tertiary/aromatic N) is 3. The van der Waals surface area contributed by atoms with Gasteiger partial charge in [0.05, 0.1) is 17.4 Å². The summed E-state index contributed by atoms with van der Waals surface area (Å²) in [5.41, 5.74) is 12.2. The zero-order chi connectivity index (χ0) is 13.1. The number of carbonyl (C=O) groups is 1. The lowest BCUT2D eigenvalue weighted by molar-refractivity contribution is 0.0996. The first kappa shape index (κ1) is 11.9. The second-order valence-corrected chi connectivity index (χ2v) is 3.76. The van der Waals surface area contributed by atoms with Crippen molar-refractivity contribution >= 4 is 11.6 Å². The molecule has 2 aromatic rings. The summed E-state index contributed by atoms with van der Waals surface area (Å²) in [6.07, 6.45) is 1.71. The van der Waals surface area contributed by atoms with E-state index in [1.54, 1.807) is 36.1 Å². The second-order valence-electron chi connectivity index (χ2n) is 3.76. The molecule has 94 valence electrons. The van der Waals surface area contributed by atoms with Crippen molar-refractivity contribution in [3.8, 4) is 5.75 Å². The summed E-state index contributed by atoms with van der Waals surface area (Å²) >= 11 is 0. The average molecular weight is 247 g/mol. The number of amides is 1. The van der Waals surface area contributed by atoms with Gasteiger partial charge in [-0.2, -0.15) is 0 Å². The molecule has 1 aromatic carbocycles. The number of hydrogen-bond acceptors (Lipinski definition) is 5. The lowest BCUT2D eigenvalue weighted by Crippen LogP contribution is -2.14. The van der Waals surface area contributed by atoms with Crippen LogP contribution in [0.1, 0.15) is 16.1 Å². The maximum atomic E-state index is 11.2. The van der Waals surface area contributed by atoms with Crippen molar-refractivity contribution in [3.05, 3.63) is 35.7 Å². The molecule has 7 nitrogen and oxygen atoms in total. The number of aromatic nitrogens is 3. The van der Waals surface area contributed by atoms with Crippen LogP contribution >= 0.6 is 0 Å². The van der Waals surface area contributed by atoms with Crippen LogP contribution in [0.2, 0.25) is 0 Å². The van der Waals surface area contributed by atoms with Crippen molar-refractivity contribution in [1.82, 2.24) is 15.0 Å². The van der Waals surface area contributed by atoms with Crippen LogP contribution < -0.4 is 16.2 Å². The summed E-state index contributed by atoms with van der Waals surface area (Å²) < 4.78 is 7.04. The van der Waals surface area contributed by atoms with Crippen LogP contribution in [0.25, 0.3) is 0 Å². The van der Waals surface area contributed by atoms with E-state index >= 15 is 0 Å². The molecule has 0 saturated heterocycles. The first-order chi connectivity index (χ1) is 8.58. The largest absolute Gasteiger partial charge is 0.484 e. The molecule has 4 N–H and O–H groups in total. The highest BCUT2D eigenvalue weighted by Gasteiger charge is 2.13. The predicted molar refractivity (Wildman–Crippen MR) is 64.7 cm³/mol. The molecule has 0 aliphatic heterocycles. The Morgan fingerprint density at radius 2 is 2.28 bits per heavy atom. The second kappa shape index (κ2) is 4.74. The van der Waals surface area contributed by atoms with E-state index in [1.807, 2.05) is 0 Å². The highest BCUT2D eigenvalue weighted by atomic mass is 16.5. The third-order valence-corrected chi connectivity index (χ3v) is 2.33. The lowest BCUT2D eigenvalue weighted by atomic mass is 10.1. The summed E-state index contributed by atoms with van der Waals surface area (Å²) in [5, 5.41) is 7.64. The molecule has 0 fully saturated rings. The standard InChI is InChI=1S/C11H13N5O2/c1-16-5-7(14-15-16)6-18-10-8(11(13)17)3-2-4-9(10)12/h2-5H,6,12H2,1H3,(H2,13,17). The van der Waals surface area contributed by atoms with Crippen LogP contribution in [0, 0.1) is 0 Å². The Balaban J connectivity index is 2.20. The minimum Gasteiger partial charge on any atom is -0.484 e. The maximum Gasteiger partial charge on any atom is 0.252 e. The fourth-order valence-corrected chi connectivity index (χ4v) is 1.52. The van der Waals surface area contributed by atoms with Gasteiger partial charge in [0.2, 0.25) is 0 Å². The molecule has 1 amide bonds. The Bertz CT molecular complexity index is 579. The predicted octanol–water partition coefficient (Wildman–Crippen LogP) is 0.0752. The number of hydrogen-bond donors (Lipinski definition) is 2. The number of rotatable bonds is 4. The van der Waals surface area contributed by atoms with Crippen molar-refractivity contribution in [2.24, 2.45) is 12.8 Å². The van der Waals surface area contributed by atoms with Crippen molar-refractivity contribution in [2.75, 3.05) is 5.73 Å². The quantitative estimate of drug-likeness (QED) is 0.743. The Kier molecular flexibility index (Phi) is 3.13. The van der Waals surface area contributed by atoms with Crippen LogP contribution in [0.15, 0.2) is 24.4 Å². The Morgan fingerprint density at radius 3 is 2.89 bits per heavy atom. The van der Waals surface area contributed by atoms with Crippen molar-refractivity contribution in [3.63, 3.8) is 0 Å². The number of para-hydroxylation sites is 1. The van der Waals surface area contributed by atoms with Gasteiger partial charge in [0.1, 0.15) is 12.3 Å². The van der Waals surface area contributed by atoms with E-state index in [0.717, 1.165) is 0 Å². The number of benzene rings is 1.